The first-order valence-electron chi connectivity index (χ1n) is 7.29. The van der Waals surface area contributed by atoms with Gasteiger partial charge in [-0.3, -0.25) is 4.79 Å². The van der Waals surface area contributed by atoms with Crippen LogP contribution in [0.15, 0.2) is 41.3 Å². The zero-order valence-electron chi connectivity index (χ0n) is 13.0. The first-order valence-corrected chi connectivity index (χ1v) is 10.5. The maximum Gasteiger partial charge on any atom is 0.227 e. The topological polar surface area (TPSA) is 76.1 Å². The van der Waals surface area contributed by atoms with Crippen LogP contribution < -0.4 is 5.32 Å². The molecule has 1 heterocycles. The molecule has 136 valence electrons. The van der Waals surface area contributed by atoms with E-state index in [0.29, 0.717) is 20.3 Å². The summed E-state index contributed by atoms with van der Waals surface area (Å²) in [5.74, 6) is -1.45. The number of hydrogen-bond donors (Lipinski definition) is 1. The van der Waals surface area contributed by atoms with Crippen molar-refractivity contribution in [1.29, 1.82) is 0 Å². The van der Waals surface area contributed by atoms with Gasteiger partial charge in [-0.15, -0.1) is 0 Å². The molecule has 0 radical (unpaired) electrons. The average molecular weight is 433 g/mol. The number of halogens is 3. The second-order valence-electron chi connectivity index (χ2n) is 5.30. The third-order valence-electron chi connectivity index (χ3n) is 3.46. The van der Waals surface area contributed by atoms with Gasteiger partial charge >= 0.3 is 0 Å². The Bertz CT molecular complexity index is 1040. The minimum Gasteiger partial charge on any atom is -0.302 e. The smallest absolute Gasteiger partial charge is 0.227 e. The molecule has 0 unspecified atom stereocenters. The van der Waals surface area contributed by atoms with Crippen molar-refractivity contribution in [3.63, 3.8) is 0 Å². The van der Waals surface area contributed by atoms with Crippen molar-refractivity contribution in [2.45, 2.75) is 11.3 Å². The van der Waals surface area contributed by atoms with E-state index in [-0.39, 0.29) is 16.4 Å². The van der Waals surface area contributed by atoms with Gasteiger partial charge in [0.1, 0.15) is 11.3 Å². The molecule has 0 aliphatic heterocycles. The Balaban J connectivity index is 1.68. The fourth-order valence-corrected chi connectivity index (χ4v) is 4.84. The lowest BCUT2D eigenvalue weighted by atomic mass is 10.3. The molecule has 0 atom stereocenters. The molecule has 3 aromatic rings. The van der Waals surface area contributed by atoms with Crippen molar-refractivity contribution in [1.82, 2.24) is 4.98 Å². The Labute approximate surface area is 162 Å². The third kappa shape index (κ3) is 4.15. The lowest BCUT2D eigenvalue weighted by Crippen LogP contribution is -2.17. The molecule has 5 nitrogen and oxygen atoms in total. The summed E-state index contributed by atoms with van der Waals surface area (Å²) in [6.45, 7) is 0. The second-order valence-corrected chi connectivity index (χ2v) is 9.22. The van der Waals surface area contributed by atoms with Gasteiger partial charge in [-0.2, -0.15) is 0 Å². The minimum absolute atomic E-state index is 0.0368. The highest BCUT2D eigenvalue weighted by molar-refractivity contribution is 7.91. The summed E-state index contributed by atoms with van der Waals surface area (Å²) in [6.07, 6.45) is -0.267. The average Bonchev–Trinajstić information content (AvgIpc) is 3.02. The predicted molar refractivity (Wildman–Crippen MR) is 101 cm³/mol. The number of carbonyl (C=O) groups excluding carboxylic acids is 1. The van der Waals surface area contributed by atoms with E-state index in [2.05, 4.69) is 10.3 Å². The standard InChI is InChI=1S/C16H11Cl2FN2O3S2/c17-11-5-6-12(18)15-14(11)21-16(25-15)20-13(22)7-8-26(23,24)10-3-1-9(19)2-4-10/h1-6H,7-8H2,(H,20,21,22). The van der Waals surface area contributed by atoms with Crippen LogP contribution in [0.25, 0.3) is 10.2 Å². The molecule has 1 N–H and O–H groups in total. The number of thiazole rings is 1. The molecule has 0 spiro atoms. The Morgan fingerprint density at radius 2 is 1.77 bits per heavy atom. The summed E-state index contributed by atoms with van der Waals surface area (Å²) in [7, 11) is -3.69. The van der Waals surface area contributed by atoms with Crippen molar-refractivity contribution in [2.75, 3.05) is 11.1 Å². The highest BCUT2D eigenvalue weighted by Crippen LogP contribution is 2.36. The second kappa shape index (κ2) is 7.48. The van der Waals surface area contributed by atoms with Gasteiger partial charge in [-0.05, 0) is 36.4 Å². The molecule has 10 heteroatoms. The molecule has 0 aliphatic carbocycles. The summed E-state index contributed by atoms with van der Waals surface area (Å²) in [5, 5.41) is 3.69. The van der Waals surface area contributed by atoms with Crippen LogP contribution in [-0.2, 0) is 14.6 Å². The fourth-order valence-electron chi connectivity index (χ4n) is 2.17. The van der Waals surface area contributed by atoms with Gasteiger partial charge in [0.2, 0.25) is 5.91 Å². The number of sulfone groups is 1. The van der Waals surface area contributed by atoms with E-state index < -0.39 is 27.3 Å². The number of fused-ring (bicyclic) bond motifs is 1. The maximum atomic E-state index is 12.9. The molecule has 0 aliphatic rings. The molecule has 0 saturated heterocycles. The normalized spacial score (nSPS) is 11.7. The third-order valence-corrected chi connectivity index (χ3v) is 6.93. The lowest BCUT2D eigenvalue weighted by molar-refractivity contribution is -0.115. The highest BCUT2D eigenvalue weighted by Gasteiger charge is 2.18. The van der Waals surface area contributed by atoms with Gasteiger partial charge in [0.05, 0.1) is 25.4 Å². The zero-order valence-corrected chi connectivity index (χ0v) is 16.1. The Morgan fingerprint density at radius 3 is 2.42 bits per heavy atom. The number of nitrogens with zero attached hydrogens (tertiary/aromatic N) is 1. The van der Waals surface area contributed by atoms with Crippen molar-refractivity contribution < 1.29 is 17.6 Å². The SMILES string of the molecule is O=C(CCS(=O)(=O)c1ccc(F)cc1)Nc1nc2c(Cl)ccc(Cl)c2s1. The monoisotopic (exact) mass is 432 g/mol. The predicted octanol–water partition coefficient (Wildman–Crippen LogP) is 4.54. The summed E-state index contributed by atoms with van der Waals surface area (Å²) < 4.78 is 37.9. The van der Waals surface area contributed by atoms with Crippen LogP contribution >= 0.6 is 34.5 Å². The molecule has 1 aromatic heterocycles. The molecular weight excluding hydrogens is 422 g/mol. The summed E-state index contributed by atoms with van der Waals surface area (Å²) in [6, 6.07) is 7.68. The maximum absolute atomic E-state index is 12.9. The molecule has 0 saturated carbocycles. The van der Waals surface area contributed by atoms with Crippen molar-refractivity contribution >= 4 is 65.6 Å². The van der Waals surface area contributed by atoms with Crippen LogP contribution in [0.5, 0.6) is 0 Å². The van der Waals surface area contributed by atoms with Crippen LogP contribution in [0.3, 0.4) is 0 Å². The van der Waals surface area contributed by atoms with E-state index >= 15 is 0 Å². The minimum atomic E-state index is -3.69. The molecule has 0 bridgehead atoms. The van der Waals surface area contributed by atoms with E-state index in [1.165, 1.54) is 12.1 Å². The number of carbonyl (C=O) groups is 1. The van der Waals surface area contributed by atoms with Crippen molar-refractivity contribution in [2.24, 2.45) is 0 Å². The number of rotatable bonds is 5. The van der Waals surface area contributed by atoms with Gasteiger partial charge in [0.15, 0.2) is 15.0 Å². The summed E-state index contributed by atoms with van der Waals surface area (Å²) in [5.41, 5.74) is 0.471. The van der Waals surface area contributed by atoms with Gasteiger partial charge < -0.3 is 5.32 Å². The van der Waals surface area contributed by atoms with E-state index in [9.17, 15) is 17.6 Å². The molecule has 3 rings (SSSR count). The van der Waals surface area contributed by atoms with E-state index in [1.54, 1.807) is 12.1 Å². The molecular formula is C16H11Cl2FN2O3S2. The Hall–Kier alpha value is -1.74. The van der Waals surface area contributed by atoms with Crippen LogP contribution in [0, 0.1) is 5.82 Å². The molecule has 2 aromatic carbocycles. The van der Waals surface area contributed by atoms with E-state index in [4.69, 9.17) is 23.2 Å². The van der Waals surface area contributed by atoms with Crippen molar-refractivity contribution in [3.8, 4) is 0 Å². The van der Waals surface area contributed by atoms with Crippen LogP contribution in [0.1, 0.15) is 6.42 Å². The van der Waals surface area contributed by atoms with E-state index in [0.717, 1.165) is 23.5 Å². The molecule has 0 fully saturated rings. The highest BCUT2D eigenvalue weighted by atomic mass is 35.5. The lowest BCUT2D eigenvalue weighted by Gasteiger charge is -2.04. The quantitative estimate of drug-likeness (QED) is 0.600. The Kier molecular flexibility index (Phi) is 5.47. The van der Waals surface area contributed by atoms with Gasteiger partial charge in [0.25, 0.3) is 0 Å². The van der Waals surface area contributed by atoms with E-state index in [1.807, 2.05) is 0 Å². The zero-order chi connectivity index (χ0) is 18.9. The van der Waals surface area contributed by atoms with Crippen LogP contribution in [-0.4, -0.2) is 25.1 Å². The number of anilines is 1. The van der Waals surface area contributed by atoms with Gasteiger partial charge in [-0.25, -0.2) is 17.8 Å². The number of benzene rings is 2. The van der Waals surface area contributed by atoms with Crippen LogP contribution in [0.2, 0.25) is 10.0 Å². The molecule has 26 heavy (non-hydrogen) atoms. The number of aromatic nitrogens is 1. The summed E-state index contributed by atoms with van der Waals surface area (Å²) in [4.78, 5) is 16.2. The molecule has 1 amide bonds. The number of nitrogens with one attached hydrogen (secondary N) is 1. The summed E-state index contributed by atoms with van der Waals surface area (Å²) >= 11 is 13.3. The van der Waals surface area contributed by atoms with Gasteiger partial charge in [-0.1, -0.05) is 34.5 Å². The van der Waals surface area contributed by atoms with Gasteiger partial charge in [0, 0.05) is 6.42 Å². The van der Waals surface area contributed by atoms with Crippen molar-refractivity contribution in [3.05, 3.63) is 52.3 Å². The first-order chi connectivity index (χ1) is 12.3. The largest absolute Gasteiger partial charge is 0.302 e. The Morgan fingerprint density at radius 1 is 1.12 bits per heavy atom. The van der Waals surface area contributed by atoms with Crippen LogP contribution in [0.4, 0.5) is 9.52 Å². The number of amides is 1. The fraction of sp³-hybridized carbons (Fsp3) is 0.125. The number of hydrogen-bond acceptors (Lipinski definition) is 5. The first kappa shape index (κ1) is 19.0.